The van der Waals surface area contributed by atoms with Crippen molar-refractivity contribution in [3.8, 4) is 23.7 Å². The molecule has 82 heavy (non-hydrogen) atoms. The molecule has 0 saturated carbocycles. The number of benzene rings is 5. The molecule has 0 heterocycles. The second kappa shape index (κ2) is 44.1. The molecule has 0 fully saturated rings. The topological polar surface area (TPSA) is 334 Å². The van der Waals surface area contributed by atoms with Crippen LogP contribution in [0.25, 0.3) is 24.3 Å². The fourth-order valence-corrected chi connectivity index (χ4v) is 7.30. The Morgan fingerprint density at radius 3 is 0.793 bits per heavy atom. The van der Waals surface area contributed by atoms with E-state index in [1.165, 1.54) is 48.6 Å². The van der Waals surface area contributed by atoms with Crippen molar-refractivity contribution in [3.63, 3.8) is 0 Å². The predicted molar refractivity (Wildman–Crippen MR) is 251 cm³/mol. The zero-order chi connectivity index (χ0) is 53.9. The molecule has 378 valence electrons. The molecule has 28 heteroatoms. The number of aliphatic carboxylic acids is 8. The van der Waals surface area contributed by atoms with Gasteiger partial charge in [-0.15, -0.1) is 0 Å². The number of rotatable bonds is 24. The molecule has 0 bridgehead atoms. The van der Waals surface area contributed by atoms with Crippen LogP contribution in [0.2, 0.25) is 0 Å². The van der Waals surface area contributed by atoms with Gasteiger partial charge in [0.1, 0.15) is 0 Å². The van der Waals surface area contributed by atoms with Gasteiger partial charge in [-0.05, 0) is 82.9 Å². The summed E-state index contributed by atoms with van der Waals surface area (Å²) >= 11 is 0. The molecular formula is C54H38N4Na8O16. The molecule has 0 radical (unpaired) electrons. The van der Waals surface area contributed by atoms with E-state index < -0.39 is 100 Å². The molecule has 0 atom stereocenters. The van der Waals surface area contributed by atoms with Crippen LogP contribution in [0.15, 0.2) is 109 Å². The maximum Gasteiger partial charge on any atom is 1.00 e. The van der Waals surface area contributed by atoms with Gasteiger partial charge >= 0.3 is 236 Å². The van der Waals surface area contributed by atoms with Gasteiger partial charge in [0.2, 0.25) is 0 Å². The van der Waals surface area contributed by atoms with Gasteiger partial charge in [-0.25, -0.2) is 0 Å². The molecule has 0 aliphatic rings. The smallest absolute Gasteiger partial charge is 0.548 e. The average Bonchev–Trinajstić information content (AvgIpc) is 3.32. The zero-order valence-electron chi connectivity index (χ0n) is 46.7. The first-order valence-electron chi connectivity index (χ1n) is 21.8. The van der Waals surface area contributed by atoms with E-state index in [-0.39, 0.29) is 270 Å². The van der Waals surface area contributed by atoms with Crippen molar-refractivity contribution in [2.45, 2.75) is 0 Å². The number of carbonyl (C=O) groups is 8. The molecule has 0 aliphatic carbocycles. The van der Waals surface area contributed by atoms with Gasteiger partial charge in [0.15, 0.2) is 0 Å². The second-order valence-corrected chi connectivity index (χ2v) is 15.8. The molecule has 5 aromatic carbocycles. The number of carboxylic acids is 8. The molecule has 5 rings (SSSR count). The summed E-state index contributed by atoms with van der Waals surface area (Å²) < 4.78 is 0. The summed E-state index contributed by atoms with van der Waals surface area (Å²) in [6.45, 7) is -8.20. The van der Waals surface area contributed by atoms with Gasteiger partial charge in [-0.2, -0.15) is 0 Å². The Morgan fingerprint density at radius 2 is 0.549 bits per heavy atom. The standard InChI is InChI=1S/C54H46N4O16.8Na/c59-47(60)27-55(28-48(61)62)43-21-15-37(23-45(43)57(31-51(67)68)32-52(69)70)13-19-41-26-40(18-12-36-9-5-2-6-10-36)42(25-39(41)17-11-35-7-3-1-4-8-35)20-14-38-16-22-44(56(29-49(63)64)30-50(65)66)46(24-38)58(33-53(71)72)34-54(73)74;;;;;;;;/h1-10,13-16,19-26H,27-34H2,(H,59,60)(H,61,62)(H,63,64)(H,65,66)(H,67,68)(H,69,70)(H,71,72)(H,73,74);;;;;;;;/q;8*+1/p-8/b19-13+,20-14+;;;;;;;;. The Kier molecular flexibility index (Phi) is 46.4. The van der Waals surface area contributed by atoms with Gasteiger partial charge in [-0.1, -0.05) is 96.5 Å². The first-order chi connectivity index (χ1) is 35.2. The Morgan fingerprint density at radius 1 is 0.305 bits per heavy atom. The minimum absolute atomic E-state index is 0. The van der Waals surface area contributed by atoms with Crippen molar-refractivity contribution in [2.24, 2.45) is 0 Å². The monoisotopic (exact) mass is 1180 g/mol. The molecular weight excluding hydrogens is 1140 g/mol. The van der Waals surface area contributed by atoms with Gasteiger partial charge in [0, 0.05) is 22.3 Å². The van der Waals surface area contributed by atoms with E-state index in [0.717, 1.165) is 19.6 Å². The van der Waals surface area contributed by atoms with Gasteiger partial charge < -0.3 is 98.8 Å². The second-order valence-electron chi connectivity index (χ2n) is 15.8. The van der Waals surface area contributed by atoms with Crippen molar-refractivity contribution >= 4 is 94.8 Å². The van der Waals surface area contributed by atoms with Gasteiger partial charge in [-0.3, -0.25) is 0 Å². The van der Waals surface area contributed by atoms with Crippen LogP contribution in [0.4, 0.5) is 22.7 Å². The zero-order valence-corrected chi connectivity index (χ0v) is 62.7. The number of carbonyl (C=O) groups excluding carboxylic acids is 8. The number of hydrogen-bond acceptors (Lipinski definition) is 20. The fourth-order valence-electron chi connectivity index (χ4n) is 7.30. The third-order valence-electron chi connectivity index (χ3n) is 10.3. The average molecular weight is 1180 g/mol. The van der Waals surface area contributed by atoms with Crippen LogP contribution < -0.4 is 297 Å². The van der Waals surface area contributed by atoms with E-state index in [9.17, 15) is 79.2 Å². The summed E-state index contributed by atoms with van der Waals surface area (Å²) in [5, 5.41) is 94.0. The van der Waals surface area contributed by atoms with Crippen molar-refractivity contribution in [1.82, 2.24) is 0 Å². The van der Waals surface area contributed by atoms with Crippen LogP contribution in [0.3, 0.4) is 0 Å². The van der Waals surface area contributed by atoms with Crippen molar-refractivity contribution < 1.29 is 316 Å². The van der Waals surface area contributed by atoms with E-state index in [1.54, 1.807) is 84.9 Å². The Hall–Kier alpha value is -2.34. The minimum atomic E-state index is -1.73. The van der Waals surface area contributed by atoms with E-state index >= 15 is 0 Å². The van der Waals surface area contributed by atoms with Crippen LogP contribution >= 0.6 is 0 Å². The minimum Gasteiger partial charge on any atom is -0.548 e. The maximum atomic E-state index is 11.8. The number of hydrogen-bond donors (Lipinski definition) is 0. The SMILES string of the molecule is O=C([O-])CN(CC(=O)[O-])c1ccc(/C=C/c2cc(C#Cc3ccccc3)c(/C=C/c3ccc(N(CC(=O)[O-])CC(=O)[O-])c(N(CC(=O)[O-])CC(=O)[O-])c3)cc2C#Cc2ccccc2)cc1N(CC(=O)[O-])CC(=O)[O-].[Na+].[Na+].[Na+].[Na+].[Na+].[Na+].[Na+].[Na+]. The molecule has 0 aliphatic heterocycles. The fraction of sp³-hybridized carbons (Fsp3) is 0.148. The molecule has 0 amide bonds. The van der Waals surface area contributed by atoms with Crippen LogP contribution in [0.1, 0.15) is 44.5 Å². The Bertz CT molecular complexity index is 2910. The van der Waals surface area contributed by atoms with Gasteiger partial charge in [0.05, 0.1) is 123 Å². The van der Waals surface area contributed by atoms with E-state index in [1.807, 2.05) is 0 Å². The predicted octanol–water partition coefficient (Wildman–Crippen LogP) is -29.9. The maximum absolute atomic E-state index is 11.8. The van der Waals surface area contributed by atoms with Crippen molar-refractivity contribution in [3.05, 3.63) is 154 Å². The van der Waals surface area contributed by atoms with Crippen LogP contribution in [-0.2, 0) is 38.4 Å². The van der Waals surface area contributed by atoms with Crippen molar-refractivity contribution in [2.75, 3.05) is 72.0 Å². The molecule has 0 N–H and O–H groups in total. The molecule has 0 spiro atoms. The van der Waals surface area contributed by atoms with Gasteiger partial charge in [0.25, 0.3) is 0 Å². The molecule has 0 aromatic heterocycles. The summed E-state index contributed by atoms with van der Waals surface area (Å²) in [7, 11) is 0. The Labute approximate surface area is 649 Å². The molecule has 20 nitrogen and oxygen atoms in total. The normalized spacial score (nSPS) is 9.56. The summed E-state index contributed by atoms with van der Waals surface area (Å²) in [5.74, 6) is -1.33. The number of anilines is 4. The third kappa shape index (κ3) is 29.8. The van der Waals surface area contributed by atoms with E-state index in [0.29, 0.717) is 33.4 Å². The number of nitrogens with zero attached hydrogens (tertiary/aromatic N) is 4. The summed E-state index contributed by atoms with van der Waals surface area (Å²) in [5.41, 5.74) is 2.49. The first kappa shape index (κ1) is 86.1. The molecule has 5 aromatic rings. The molecule has 0 saturated heterocycles. The quantitative estimate of drug-likeness (QED) is 0.0315. The van der Waals surface area contributed by atoms with Crippen molar-refractivity contribution in [1.29, 1.82) is 0 Å². The molecule has 0 unspecified atom stereocenters. The first-order valence-corrected chi connectivity index (χ1v) is 21.8. The van der Waals surface area contributed by atoms with Crippen LogP contribution in [0.5, 0.6) is 0 Å². The van der Waals surface area contributed by atoms with Crippen LogP contribution in [0, 0.1) is 23.7 Å². The largest absolute Gasteiger partial charge is 1.00 e. The summed E-state index contributed by atoms with van der Waals surface area (Å²) in [4.78, 5) is 97.2. The number of carboxylic acid groups (broad SMARTS) is 8. The van der Waals surface area contributed by atoms with E-state index in [2.05, 4.69) is 23.7 Å². The third-order valence-corrected chi connectivity index (χ3v) is 10.3. The Balaban J connectivity index is -0.00000380. The van der Waals surface area contributed by atoms with Crippen LogP contribution in [-0.4, -0.2) is 100 Å². The summed E-state index contributed by atoms with van der Waals surface area (Å²) in [6, 6.07) is 28.9. The van der Waals surface area contributed by atoms with E-state index in [4.69, 9.17) is 0 Å². The summed E-state index contributed by atoms with van der Waals surface area (Å²) in [6.07, 6.45) is 6.24.